The lowest BCUT2D eigenvalue weighted by Gasteiger charge is -2.11. The minimum atomic E-state index is -4.79. The van der Waals surface area contributed by atoms with Gasteiger partial charge in [0.25, 0.3) is 5.91 Å². The Hall–Kier alpha value is -3.30. The number of benzene rings is 1. The smallest absolute Gasteiger partial charge is 0.492 e. The molecule has 0 aliphatic carbocycles. The van der Waals surface area contributed by atoms with Crippen LogP contribution in [0.3, 0.4) is 0 Å². The van der Waals surface area contributed by atoms with Crippen molar-refractivity contribution in [3.8, 4) is 11.5 Å². The first-order valence-corrected chi connectivity index (χ1v) is 8.68. The maximum absolute atomic E-state index is 12.2. The average Bonchev–Trinajstić information content (AvgIpc) is 2.64. The topological polar surface area (TPSA) is 89.6 Å². The Bertz CT molecular complexity index is 857. The third kappa shape index (κ3) is 7.68. The fourth-order valence-electron chi connectivity index (χ4n) is 2.11. The maximum Gasteiger partial charge on any atom is 0.573 e. The Morgan fingerprint density at radius 1 is 1.14 bits per heavy atom. The summed E-state index contributed by atoms with van der Waals surface area (Å²) in [5.41, 5.74) is 0.291. The SMILES string of the molecule is CC(C)C(=O)Nc1cc(C(=O)NCCOc2cccc(OC(F)(F)F)c2)ccn1. The van der Waals surface area contributed by atoms with Crippen LogP contribution in [-0.4, -0.2) is 36.3 Å². The molecule has 2 aromatic rings. The van der Waals surface area contributed by atoms with Crippen LogP contribution in [-0.2, 0) is 4.79 Å². The van der Waals surface area contributed by atoms with E-state index in [0.717, 1.165) is 12.1 Å². The number of alkyl halides is 3. The van der Waals surface area contributed by atoms with Crippen LogP contribution in [0.5, 0.6) is 11.5 Å². The van der Waals surface area contributed by atoms with Gasteiger partial charge in [-0.3, -0.25) is 9.59 Å². The van der Waals surface area contributed by atoms with Crippen LogP contribution in [0.4, 0.5) is 19.0 Å². The highest BCUT2D eigenvalue weighted by Crippen LogP contribution is 2.25. The van der Waals surface area contributed by atoms with Gasteiger partial charge in [0.15, 0.2) is 0 Å². The predicted octanol–water partition coefficient (Wildman–Crippen LogP) is 3.38. The first-order chi connectivity index (χ1) is 13.6. The van der Waals surface area contributed by atoms with Crippen molar-refractivity contribution in [3.05, 3.63) is 48.2 Å². The summed E-state index contributed by atoms with van der Waals surface area (Å²) in [7, 11) is 0. The third-order valence-corrected chi connectivity index (χ3v) is 3.49. The number of pyridine rings is 1. The molecule has 10 heteroatoms. The minimum Gasteiger partial charge on any atom is -0.492 e. The Labute approximate surface area is 165 Å². The first kappa shape index (κ1) is 22.0. The third-order valence-electron chi connectivity index (χ3n) is 3.49. The van der Waals surface area contributed by atoms with Crippen molar-refractivity contribution in [2.75, 3.05) is 18.5 Å². The lowest BCUT2D eigenvalue weighted by atomic mass is 10.2. The van der Waals surface area contributed by atoms with Crippen LogP contribution < -0.4 is 20.1 Å². The first-order valence-electron chi connectivity index (χ1n) is 8.68. The van der Waals surface area contributed by atoms with E-state index in [2.05, 4.69) is 20.4 Å². The van der Waals surface area contributed by atoms with E-state index in [1.54, 1.807) is 13.8 Å². The number of ether oxygens (including phenoxy) is 2. The molecule has 2 amide bonds. The lowest BCUT2D eigenvalue weighted by molar-refractivity contribution is -0.274. The molecule has 0 aliphatic rings. The molecule has 0 atom stereocenters. The van der Waals surface area contributed by atoms with Gasteiger partial charge in [-0.1, -0.05) is 19.9 Å². The largest absolute Gasteiger partial charge is 0.573 e. The summed E-state index contributed by atoms with van der Waals surface area (Å²) in [6.07, 6.45) is -3.39. The zero-order valence-electron chi connectivity index (χ0n) is 15.7. The van der Waals surface area contributed by atoms with Crippen molar-refractivity contribution in [2.24, 2.45) is 5.92 Å². The number of aromatic nitrogens is 1. The monoisotopic (exact) mass is 411 g/mol. The average molecular weight is 411 g/mol. The molecule has 1 heterocycles. The number of amides is 2. The van der Waals surface area contributed by atoms with E-state index in [0.29, 0.717) is 5.56 Å². The summed E-state index contributed by atoms with van der Waals surface area (Å²) in [6, 6.07) is 8.01. The van der Waals surface area contributed by atoms with E-state index in [9.17, 15) is 22.8 Å². The second kappa shape index (κ2) is 9.76. The van der Waals surface area contributed by atoms with Crippen LogP contribution in [0.25, 0.3) is 0 Å². The van der Waals surface area contributed by atoms with Gasteiger partial charge in [0.2, 0.25) is 5.91 Å². The van der Waals surface area contributed by atoms with Gasteiger partial charge in [0, 0.05) is 23.7 Å². The zero-order chi connectivity index (χ0) is 21.4. The van der Waals surface area contributed by atoms with E-state index < -0.39 is 18.0 Å². The number of nitrogens with zero attached hydrogens (tertiary/aromatic N) is 1. The minimum absolute atomic E-state index is 0.0310. The number of anilines is 1. The molecule has 2 rings (SSSR count). The summed E-state index contributed by atoms with van der Waals surface area (Å²) >= 11 is 0. The van der Waals surface area contributed by atoms with E-state index in [-0.39, 0.29) is 36.5 Å². The normalized spacial score (nSPS) is 11.1. The number of carbonyl (C=O) groups is 2. The molecule has 156 valence electrons. The van der Waals surface area contributed by atoms with E-state index >= 15 is 0 Å². The zero-order valence-corrected chi connectivity index (χ0v) is 15.7. The van der Waals surface area contributed by atoms with Gasteiger partial charge < -0.3 is 20.1 Å². The van der Waals surface area contributed by atoms with E-state index in [1.165, 1.54) is 30.5 Å². The molecule has 0 unspecified atom stereocenters. The molecule has 0 spiro atoms. The summed E-state index contributed by atoms with van der Waals surface area (Å²) in [4.78, 5) is 27.9. The maximum atomic E-state index is 12.2. The number of carbonyl (C=O) groups excluding carboxylic acids is 2. The quantitative estimate of drug-likeness (QED) is 0.650. The molecule has 1 aromatic heterocycles. The molecule has 0 saturated carbocycles. The van der Waals surface area contributed by atoms with E-state index in [4.69, 9.17) is 4.74 Å². The Morgan fingerprint density at radius 2 is 1.86 bits per heavy atom. The van der Waals surface area contributed by atoms with Crippen molar-refractivity contribution in [2.45, 2.75) is 20.2 Å². The molecule has 29 heavy (non-hydrogen) atoms. The summed E-state index contributed by atoms with van der Waals surface area (Å²) in [6.45, 7) is 3.61. The van der Waals surface area contributed by atoms with Crippen LogP contribution in [0.2, 0.25) is 0 Å². The number of rotatable bonds is 8. The molecule has 1 aromatic carbocycles. The Kier molecular flexibility index (Phi) is 7.40. The highest BCUT2D eigenvalue weighted by atomic mass is 19.4. The second-order valence-corrected chi connectivity index (χ2v) is 6.20. The van der Waals surface area contributed by atoms with Gasteiger partial charge in [-0.2, -0.15) is 0 Å². The molecule has 0 aliphatic heterocycles. The summed E-state index contributed by atoms with van der Waals surface area (Å²) in [5.74, 6) is -0.832. The predicted molar refractivity (Wildman–Crippen MR) is 98.7 cm³/mol. The van der Waals surface area contributed by atoms with Crippen molar-refractivity contribution >= 4 is 17.6 Å². The van der Waals surface area contributed by atoms with Crippen molar-refractivity contribution in [1.82, 2.24) is 10.3 Å². The Morgan fingerprint density at radius 3 is 2.55 bits per heavy atom. The standard InChI is InChI=1S/C19H20F3N3O4/c1-12(2)17(26)25-16-10-13(6-7-23-16)18(27)24-8-9-28-14-4-3-5-15(11-14)29-19(20,21)22/h3-7,10-12H,8-9H2,1-2H3,(H,24,27)(H,23,25,26). The number of hydrogen-bond acceptors (Lipinski definition) is 5. The molecule has 0 fully saturated rings. The van der Waals surface area contributed by atoms with Gasteiger partial charge in [-0.05, 0) is 24.3 Å². The molecule has 0 radical (unpaired) electrons. The molecule has 0 bridgehead atoms. The van der Waals surface area contributed by atoms with E-state index in [1.807, 2.05) is 0 Å². The number of halogens is 3. The molecule has 7 nitrogen and oxygen atoms in total. The second-order valence-electron chi connectivity index (χ2n) is 6.20. The van der Waals surface area contributed by atoms with Crippen molar-refractivity contribution < 1.29 is 32.2 Å². The van der Waals surface area contributed by atoms with Crippen LogP contribution >= 0.6 is 0 Å². The van der Waals surface area contributed by atoms with Crippen LogP contribution in [0.1, 0.15) is 24.2 Å². The van der Waals surface area contributed by atoms with Gasteiger partial charge in [0.1, 0.15) is 23.9 Å². The Balaban J connectivity index is 1.83. The summed E-state index contributed by atoms with van der Waals surface area (Å²) in [5, 5.41) is 5.21. The van der Waals surface area contributed by atoms with Gasteiger partial charge in [0.05, 0.1) is 6.54 Å². The molecule has 0 saturated heterocycles. The number of hydrogen-bond donors (Lipinski definition) is 2. The highest BCUT2D eigenvalue weighted by Gasteiger charge is 2.31. The summed E-state index contributed by atoms with van der Waals surface area (Å²) < 4.78 is 45.8. The number of nitrogens with one attached hydrogen (secondary N) is 2. The van der Waals surface area contributed by atoms with Crippen LogP contribution in [0.15, 0.2) is 42.6 Å². The lowest BCUT2D eigenvalue weighted by Crippen LogP contribution is -2.28. The highest BCUT2D eigenvalue weighted by molar-refractivity contribution is 5.96. The molecular formula is C19H20F3N3O4. The molecule has 2 N–H and O–H groups in total. The fraction of sp³-hybridized carbons (Fsp3) is 0.316. The van der Waals surface area contributed by atoms with Crippen LogP contribution in [0, 0.1) is 5.92 Å². The van der Waals surface area contributed by atoms with Gasteiger partial charge in [-0.25, -0.2) is 4.98 Å². The fourth-order valence-corrected chi connectivity index (χ4v) is 2.11. The van der Waals surface area contributed by atoms with Crippen molar-refractivity contribution in [3.63, 3.8) is 0 Å². The van der Waals surface area contributed by atoms with Gasteiger partial charge in [-0.15, -0.1) is 13.2 Å². The van der Waals surface area contributed by atoms with Gasteiger partial charge >= 0.3 is 6.36 Å². The molecular weight excluding hydrogens is 391 g/mol. The van der Waals surface area contributed by atoms with Crippen molar-refractivity contribution in [1.29, 1.82) is 0 Å².